The van der Waals surface area contributed by atoms with E-state index < -0.39 is 11.6 Å². The summed E-state index contributed by atoms with van der Waals surface area (Å²) in [7, 11) is 0. The lowest BCUT2D eigenvalue weighted by atomic mass is 9.98. The highest BCUT2D eigenvalue weighted by Crippen LogP contribution is 2.28. The Kier molecular flexibility index (Phi) is 3.17. The van der Waals surface area contributed by atoms with Gasteiger partial charge in [0.05, 0.1) is 11.6 Å². The van der Waals surface area contributed by atoms with Crippen LogP contribution in [0, 0.1) is 23.0 Å². The molecule has 1 radical (unpaired) electrons. The standard InChI is InChI=1S/C10H11FNO2/c1-7-4-3-5-9(8(2)6-11)10(7)12(13)14/h3-5H,6H2,1-2H3. The van der Waals surface area contributed by atoms with Crippen LogP contribution in [-0.2, 0) is 0 Å². The molecule has 1 aromatic carbocycles. The van der Waals surface area contributed by atoms with Crippen molar-refractivity contribution < 1.29 is 9.31 Å². The first-order valence-corrected chi connectivity index (χ1v) is 4.20. The number of hydrogen-bond acceptors (Lipinski definition) is 2. The van der Waals surface area contributed by atoms with Crippen molar-refractivity contribution in [2.45, 2.75) is 13.8 Å². The maximum absolute atomic E-state index is 12.4. The number of hydrogen-bond donors (Lipinski definition) is 0. The third kappa shape index (κ3) is 1.89. The van der Waals surface area contributed by atoms with E-state index in [2.05, 4.69) is 0 Å². The molecule has 0 bridgehead atoms. The molecule has 0 unspecified atom stereocenters. The molecule has 0 aliphatic heterocycles. The lowest BCUT2D eigenvalue weighted by molar-refractivity contribution is -0.386. The number of rotatable bonds is 3. The number of halogens is 1. The van der Waals surface area contributed by atoms with Crippen LogP contribution < -0.4 is 0 Å². The summed E-state index contributed by atoms with van der Waals surface area (Å²) in [6, 6.07) is 4.91. The first-order valence-electron chi connectivity index (χ1n) is 4.20. The molecular weight excluding hydrogens is 185 g/mol. The van der Waals surface area contributed by atoms with Crippen LogP contribution in [0.1, 0.15) is 18.1 Å². The summed E-state index contributed by atoms with van der Waals surface area (Å²) in [5.74, 6) is 0.389. The van der Waals surface area contributed by atoms with Gasteiger partial charge in [0.25, 0.3) is 5.69 Å². The van der Waals surface area contributed by atoms with Gasteiger partial charge in [0, 0.05) is 17.0 Å². The molecule has 0 spiro atoms. The fraction of sp³-hybridized carbons (Fsp3) is 0.300. The molecule has 0 N–H and O–H groups in total. The molecule has 4 heteroatoms. The topological polar surface area (TPSA) is 43.1 Å². The SMILES string of the molecule is C[C](CF)c1cccc(C)c1[N+](=O)[O-]. The molecule has 0 aliphatic rings. The van der Waals surface area contributed by atoms with E-state index in [1.165, 1.54) is 0 Å². The molecule has 75 valence electrons. The van der Waals surface area contributed by atoms with Crippen molar-refractivity contribution in [2.24, 2.45) is 0 Å². The van der Waals surface area contributed by atoms with Crippen molar-refractivity contribution in [2.75, 3.05) is 6.67 Å². The largest absolute Gasteiger partial charge is 0.276 e. The van der Waals surface area contributed by atoms with Crippen molar-refractivity contribution in [3.8, 4) is 0 Å². The van der Waals surface area contributed by atoms with Crippen LogP contribution in [0.4, 0.5) is 10.1 Å². The Morgan fingerprint density at radius 3 is 2.71 bits per heavy atom. The number of benzene rings is 1. The maximum Gasteiger partial charge on any atom is 0.276 e. The van der Waals surface area contributed by atoms with E-state index in [1.54, 1.807) is 32.0 Å². The fourth-order valence-corrected chi connectivity index (χ4v) is 1.32. The zero-order valence-corrected chi connectivity index (χ0v) is 8.08. The maximum atomic E-state index is 12.4. The van der Waals surface area contributed by atoms with Gasteiger partial charge < -0.3 is 0 Å². The molecule has 0 saturated carbocycles. The van der Waals surface area contributed by atoms with Crippen LogP contribution in [0.15, 0.2) is 18.2 Å². The molecule has 0 fully saturated rings. The second kappa shape index (κ2) is 4.17. The van der Waals surface area contributed by atoms with Crippen LogP contribution in [0.25, 0.3) is 0 Å². The van der Waals surface area contributed by atoms with Gasteiger partial charge in [0.1, 0.15) is 0 Å². The first kappa shape index (κ1) is 10.6. The highest BCUT2D eigenvalue weighted by atomic mass is 19.1. The first-order chi connectivity index (χ1) is 6.57. The number of nitro benzene ring substituents is 1. The Bertz CT molecular complexity index is 352. The molecule has 0 aromatic heterocycles. The van der Waals surface area contributed by atoms with Crippen LogP contribution in [0.5, 0.6) is 0 Å². The molecule has 14 heavy (non-hydrogen) atoms. The average Bonchev–Trinajstić information content (AvgIpc) is 2.15. The third-order valence-electron chi connectivity index (χ3n) is 2.08. The fourth-order valence-electron chi connectivity index (χ4n) is 1.32. The van der Waals surface area contributed by atoms with Gasteiger partial charge in [-0.3, -0.25) is 14.5 Å². The Morgan fingerprint density at radius 1 is 1.57 bits per heavy atom. The van der Waals surface area contributed by atoms with Gasteiger partial charge in [-0.25, -0.2) is 0 Å². The number of nitro groups is 1. The number of alkyl halides is 1. The molecule has 1 aromatic rings. The molecule has 0 aliphatic carbocycles. The van der Waals surface area contributed by atoms with E-state index in [1.807, 2.05) is 0 Å². The minimum Gasteiger partial charge on any atom is -0.258 e. The zero-order chi connectivity index (χ0) is 10.7. The van der Waals surface area contributed by atoms with Crippen molar-refractivity contribution >= 4 is 5.69 Å². The van der Waals surface area contributed by atoms with Crippen LogP contribution in [-0.4, -0.2) is 11.6 Å². The molecule has 0 amide bonds. The molecule has 1 rings (SSSR count). The summed E-state index contributed by atoms with van der Waals surface area (Å²) < 4.78 is 12.4. The molecule has 0 atom stereocenters. The van der Waals surface area contributed by atoms with E-state index >= 15 is 0 Å². The minimum atomic E-state index is -0.662. The summed E-state index contributed by atoms with van der Waals surface area (Å²) in [4.78, 5) is 10.3. The van der Waals surface area contributed by atoms with Gasteiger partial charge in [-0.15, -0.1) is 0 Å². The van der Waals surface area contributed by atoms with E-state index in [4.69, 9.17) is 0 Å². The predicted octanol–water partition coefficient (Wildman–Crippen LogP) is 2.82. The second-order valence-corrected chi connectivity index (χ2v) is 3.14. The average molecular weight is 196 g/mol. The predicted molar refractivity (Wildman–Crippen MR) is 51.8 cm³/mol. The Morgan fingerprint density at radius 2 is 2.21 bits per heavy atom. The smallest absolute Gasteiger partial charge is 0.258 e. The number of para-hydroxylation sites is 1. The lowest BCUT2D eigenvalue weighted by Gasteiger charge is -2.08. The highest BCUT2D eigenvalue weighted by Gasteiger charge is 2.21. The van der Waals surface area contributed by atoms with Crippen LogP contribution in [0.3, 0.4) is 0 Å². The van der Waals surface area contributed by atoms with Crippen LogP contribution >= 0.6 is 0 Å². The summed E-state index contributed by atoms with van der Waals surface area (Å²) in [5, 5.41) is 10.7. The van der Waals surface area contributed by atoms with Gasteiger partial charge in [-0.1, -0.05) is 25.1 Å². The van der Waals surface area contributed by atoms with Gasteiger partial charge in [0.15, 0.2) is 0 Å². The molecular formula is C10H11FNO2. The van der Waals surface area contributed by atoms with Crippen molar-refractivity contribution in [3.05, 3.63) is 45.4 Å². The number of nitrogens with zero attached hydrogens (tertiary/aromatic N) is 1. The molecule has 0 saturated heterocycles. The van der Waals surface area contributed by atoms with Gasteiger partial charge in [0.2, 0.25) is 0 Å². The van der Waals surface area contributed by atoms with Crippen molar-refractivity contribution in [1.29, 1.82) is 0 Å². The normalized spacial score (nSPS) is 10.6. The van der Waals surface area contributed by atoms with E-state index in [0.29, 0.717) is 17.0 Å². The quantitative estimate of drug-likeness (QED) is 0.551. The van der Waals surface area contributed by atoms with Crippen molar-refractivity contribution in [1.82, 2.24) is 0 Å². The van der Waals surface area contributed by atoms with Crippen molar-refractivity contribution in [3.63, 3.8) is 0 Å². The Labute approximate surface area is 81.7 Å². The Balaban J connectivity index is 3.28. The van der Waals surface area contributed by atoms with Gasteiger partial charge in [-0.2, -0.15) is 0 Å². The highest BCUT2D eigenvalue weighted by molar-refractivity contribution is 5.53. The van der Waals surface area contributed by atoms with Gasteiger partial charge in [-0.05, 0) is 6.92 Å². The number of aryl methyl sites for hydroxylation is 1. The third-order valence-corrected chi connectivity index (χ3v) is 2.08. The summed E-state index contributed by atoms with van der Waals surface area (Å²) >= 11 is 0. The molecule has 3 nitrogen and oxygen atoms in total. The van der Waals surface area contributed by atoms with Crippen LogP contribution in [0.2, 0.25) is 0 Å². The summed E-state index contributed by atoms with van der Waals surface area (Å²) in [5.41, 5.74) is 0.945. The lowest BCUT2D eigenvalue weighted by Crippen LogP contribution is -2.03. The van der Waals surface area contributed by atoms with E-state index in [0.717, 1.165) is 0 Å². The monoisotopic (exact) mass is 196 g/mol. The summed E-state index contributed by atoms with van der Waals surface area (Å²) in [6.45, 7) is 2.54. The summed E-state index contributed by atoms with van der Waals surface area (Å²) in [6.07, 6.45) is 0. The van der Waals surface area contributed by atoms with E-state index in [9.17, 15) is 14.5 Å². The van der Waals surface area contributed by atoms with E-state index in [-0.39, 0.29) is 5.69 Å². The molecule has 0 heterocycles. The zero-order valence-electron chi connectivity index (χ0n) is 8.08. The minimum absolute atomic E-state index is 0.00245. The van der Waals surface area contributed by atoms with Gasteiger partial charge >= 0.3 is 0 Å². The Hall–Kier alpha value is -1.45. The second-order valence-electron chi connectivity index (χ2n) is 3.14.